The average Bonchev–Trinajstić information content (AvgIpc) is 2.74. The van der Waals surface area contributed by atoms with Gasteiger partial charge in [-0.3, -0.25) is 14.5 Å². The summed E-state index contributed by atoms with van der Waals surface area (Å²) in [7, 11) is 0. The second-order valence-corrected chi connectivity index (χ2v) is 9.40. The maximum atomic E-state index is 13.3. The van der Waals surface area contributed by atoms with E-state index in [0.717, 1.165) is 35.4 Å². The summed E-state index contributed by atoms with van der Waals surface area (Å²) in [5.74, 6) is 0.282. The Labute approximate surface area is 182 Å². The molecule has 0 spiro atoms. The Morgan fingerprint density at radius 1 is 1.13 bits per heavy atom. The minimum Gasteiger partial charge on any atom is -0.352 e. The van der Waals surface area contributed by atoms with Crippen molar-refractivity contribution in [3.63, 3.8) is 0 Å². The molecule has 2 atom stereocenters. The first-order chi connectivity index (χ1) is 14.5. The lowest BCUT2D eigenvalue weighted by Gasteiger charge is -2.32. The van der Waals surface area contributed by atoms with E-state index in [-0.39, 0.29) is 24.4 Å². The van der Waals surface area contributed by atoms with E-state index in [1.165, 1.54) is 23.7 Å². The third-order valence-corrected chi connectivity index (χ3v) is 7.04. The summed E-state index contributed by atoms with van der Waals surface area (Å²) in [4.78, 5) is 29.4. The van der Waals surface area contributed by atoms with Crippen LogP contribution in [0.25, 0.3) is 6.08 Å². The van der Waals surface area contributed by atoms with Crippen LogP contribution < -0.4 is 10.2 Å². The zero-order valence-electron chi connectivity index (χ0n) is 17.6. The Hall–Kier alpha value is -2.53. The van der Waals surface area contributed by atoms with Crippen molar-refractivity contribution in [2.45, 2.75) is 50.5 Å². The van der Waals surface area contributed by atoms with Crippen LogP contribution in [0.3, 0.4) is 0 Å². The van der Waals surface area contributed by atoms with Crippen molar-refractivity contribution in [2.75, 3.05) is 11.4 Å². The van der Waals surface area contributed by atoms with Gasteiger partial charge in [-0.1, -0.05) is 73.5 Å². The van der Waals surface area contributed by atoms with E-state index in [1.54, 1.807) is 4.90 Å². The van der Waals surface area contributed by atoms with Crippen LogP contribution in [0.4, 0.5) is 5.69 Å². The Balaban J connectivity index is 1.56. The number of nitrogens with one attached hydrogen (secondary N) is 1. The molecule has 2 aliphatic rings. The fourth-order valence-electron chi connectivity index (χ4n) is 4.16. The molecule has 1 aliphatic carbocycles. The van der Waals surface area contributed by atoms with Gasteiger partial charge in [0, 0.05) is 10.9 Å². The molecular weight excluding hydrogens is 392 g/mol. The van der Waals surface area contributed by atoms with Crippen LogP contribution in [0, 0.1) is 12.8 Å². The van der Waals surface area contributed by atoms with E-state index in [4.69, 9.17) is 0 Å². The Kier molecular flexibility index (Phi) is 6.28. The maximum absolute atomic E-state index is 13.3. The van der Waals surface area contributed by atoms with E-state index in [9.17, 15) is 9.59 Å². The smallest absolute Gasteiger partial charge is 0.265 e. The van der Waals surface area contributed by atoms with Gasteiger partial charge in [-0.25, -0.2) is 0 Å². The van der Waals surface area contributed by atoms with Crippen LogP contribution >= 0.6 is 11.8 Å². The lowest BCUT2D eigenvalue weighted by molar-refractivity contribution is -0.123. The topological polar surface area (TPSA) is 49.4 Å². The number of benzene rings is 2. The molecule has 0 unspecified atom stereocenters. The molecule has 1 heterocycles. The second-order valence-electron chi connectivity index (χ2n) is 8.32. The highest BCUT2D eigenvalue weighted by Crippen LogP contribution is 2.42. The monoisotopic (exact) mass is 420 g/mol. The van der Waals surface area contributed by atoms with Gasteiger partial charge >= 0.3 is 0 Å². The fourth-order valence-corrected chi connectivity index (χ4v) is 5.22. The van der Waals surface area contributed by atoms with Crippen molar-refractivity contribution in [1.82, 2.24) is 5.32 Å². The molecule has 0 aromatic heterocycles. The first-order valence-corrected chi connectivity index (χ1v) is 11.5. The van der Waals surface area contributed by atoms with Gasteiger partial charge in [0.1, 0.15) is 6.54 Å². The van der Waals surface area contributed by atoms with E-state index < -0.39 is 0 Å². The number of hydrogen-bond donors (Lipinski definition) is 1. The molecule has 1 saturated carbocycles. The Morgan fingerprint density at radius 2 is 1.87 bits per heavy atom. The number of rotatable bonds is 4. The van der Waals surface area contributed by atoms with Crippen molar-refractivity contribution in [3.8, 4) is 0 Å². The van der Waals surface area contributed by atoms with Gasteiger partial charge in [0.15, 0.2) is 0 Å². The first kappa shape index (κ1) is 20.7. The number of hydrogen-bond acceptors (Lipinski definition) is 3. The predicted molar refractivity (Wildman–Crippen MR) is 123 cm³/mol. The molecular formula is C25H28N2O2S. The fraction of sp³-hybridized carbons (Fsp3) is 0.360. The number of fused-ring (bicyclic) bond motifs is 1. The molecule has 30 heavy (non-hydrogen) atoms. The summed E-state index contributed by atoms with van der Waals surface area (Å²) in [6, 6.07) is 16.1. The quantitative estimate of drug-likeness (QED) is 0.694. The number of para-hydroxylation sites is 1. The Morgan fingerprint density at radius 3 is 2.63 bits per heavy atom. The van der Waals surface area contributed by atoms with Crippen molar-refractivity contribution in [2.24, 2.45) is 5.92 Å². The summed E-state index contributed by atoms with van der Waals surface area (Å²) in [6.07, 6.45) is 6.47. The van der Waals surface area contributed by atoms with Gasteiger partial charge in [-0.15, -0.1) is 0 Å². The number of amides is 2. The highest BCUT2D eigenvalue weighted by molar-refractivity contribution is 8.04. The lowest BCUT2D eigenvalue weighted by atomic mass is 9.86. The predicted octanol–water partition coefficient (Wildman–Crippen LogP) is 5.17. The number of carbonyl (C=O) groups excluding carboxylic acids is 2. The van der Waals surface area contributed by atoms with Gasteiger partial charge in [-0.2, -0.15) is 0 Å². The Bertz CT molecular complexity index is 967. The zero-order valence-corrected chi connectivity index (χ0v) is 18.4. The molecule has 4 nitrogen and oxygen atoms in total. The van der Waals surface area contributed by atoms with Crippen LogP contribution in [-0.4, -0.2) is 24.4 Å². The maximum Gasteiger partial charge on any atom is 0.265 e. The van der Waals surface area contributed by atoms with Crippen molar-refractivity contribution in [3.05, 3.63) is 64.6 Å². The van der Waals surface area contributed by atoms with Crippen LogP contribution in [0.15, 0.2) is 58.3 Å². The minimum absolute atomic E-state index is 0.0465. The third-order valence-electron chi connectivity index (χ3n) is 5.97. The molecule has 0 radical (unpaired) electrons. The molecule has 1 fully saturated rings. The number of thioether (sulfide) groups is 1. The van der Waals surface area contributed by atoms with Crippen molar-refractivity contribution in [1.29, 1.82) is 0 Å². The largest absolute Gasteiger partial charge is 0.352 e. The summed E-state index contributed by atoms with van der Waals surface area (Å²) < 4.78 is 0. The third kappa shape index (κ3) is 4.62. The van der Waals surface area contributed by atoms with Crippen molar-refractivity contribution >= 4 is 35.3 Å². The molecule has 1 aliphatic heterocycles. The molecule has 0 saturated heterocycles. The molecule has 2 amide bonds. The zero-order chi connectivity index (χ0) is 21.1. The molecule has 5 heteroatoms. The molecule has 2 aromatic carbocycles. The van der Waals surface area contributed by atoms with Crippen LogP contribution in [0.2, 0.25) is 0 Å². The standard InChI is InChI=1S/C25H28N2O2S/c1-17-11-13-19(14-12-17)15-23-25(29)27(21-9-5-6-10-22(21)30-23)16-24(28)26-20-8-4-3-7-18(20)2/h5-6,9-15,18,20H,3-4,7-8,16H2,1-2H3,(H,26,28)/b23-15+/t18-,20+/m1/s1. The molecule has 0 bridgehead atoms. The summed E-state index contributed by atoms with van der Waals surface area (Å²) in [5, 5.41) is 3.18. The summed E-state index contributed by atoms with van der Waals surface area (Å²) in [5.41, 5.74) is 2.97. The number of nitrogens with zero attached hydrogens (tertiary/aromatic N) is 1. The lowest BCUT2D eigenvalue weighted by Crippen LogP contribution is -2.48. The number of anilines is 1. The van der Waals surface area contributed by atoms with E-state index >= 15 is 0 Å². The highest BCUT2D eigenvalue weighted by Gasteiger charge is 2.31. The minimum atomic E-state index is -0.119. The van der Waals surface area contributed by atoms with Crippen LogP contribution in [0.5, 0.6) is 0 Å². The van der Waals surface area contributed by atoms with E-state index in [2.05, 4.69) is 12.2 Å². The SMILES string of the molecule is Cc1ccc(/C=C2/Sc3ccccc3N(CC(=O)N[C@H]3CCCC[C@H]3C)C2=O)cc1. The summed E-state index contributed by atoms with van der Waals surface area (Å²) >= 11 is 1.47. The van der Waals surface area contributed by atoms with Crippen LogP contribution in [-0.2, 0) is 9.59 Å². The second kappa shape index (κ2) is 9.09. The number of aryl methyl sites for hydroxylation is 1. The number of carbonyl (C=O) groups is 2. The van der Waals surface area contributed by atoms with Gasteiger partial charge in [0.2, 0.25) is 5.91 Å². The van der Waals surface area contributed by atoms with Gasteiger partial charge in [0.25, 0.3) is 5.91 Å². The molecule has 156 valence electrons. The highest BCUT2D eigenvalue weighted by atomic mass is 32.2. The van der Waals surface area contributed by atoms with E-state index in [0.29, 0.717) is 10.8 Å². The molecule has 2 aromatic rings. The molecule has 1 N–H and O–H groups in total. The summed E-state index contributed by atoms with van der Waals surface area (Å²) in [6.45, 7) is 4.29. The van der Waals surface area contributed by atoms with Crippen molar-refractivity contribution < 1.29 is 9.59 Å². The van der Waals surface area contributed by atoms with E-state index in [1.807, 2.05) is 61.5 Å². The van der Waals surface area contributed by atoms with Gasteiger partial charge in [0.05, 0.1) is 10.6 Å². The van der Waals surface area contributed by atoms with Gasteiger partial charge < -0.3 is 5.32 Å². The van der Waals surface area contributed by atoms with Crippen LogP contribution in [0.1, 0.15) is 43.7 Å². The first-order valence-electron chi connectivity index (χ1n) is 10.7. The molecule has 4 rings (SSSR count). The normalized spacial score (nSPS) is 22.7. The van der Waals surface area contributed by atoms with Gasteiger partial charge in [-0.05, 0) is 49.5 Å². The average molecular weight is 421 g/mol.